The van der Waals surface area contributed by atoms with Crippen LogP contribution in [0.15, 0.2) is 4.52 Å². The van der Waals surface area contributed by atoms with Gasteiger partial charge in [0.1, 0.15) is 0 Å². The van der Waals surface area contributed by atoms with E-state index >= 15 is 0 Å². The van der Waals surface area contributed by atoms with Gasteiger partial charge in [-0.3, -0.25) is 9.69 Å². The first-order chi connectivity index (χ1) is 10.6. The SMILES string of the molecule is CC(N)CC(=O)N1CCCN(Cc2noc(C3CC3)n2)CC1.Cl. The third-order valence-electron chi connectivity index (χ3n) is 4.21. The second-order valence-electron chi connectivity index (χ2n) is 6.52. The van der Waals surface area contributed by atoms with Gasteiger partial charge in [-0.05, 0) is 26.2 Å². The van der Waals surface area contributed by atoms with Crippen molar-refractivity contribution in [2.75, 3.05) is 26.2 Å². The summed E-state index contributed by atoms with van der Waals surface area (Å²) in [6.45, 7) is 5.93. The molecule has 2 aliphatic rings. The molecule has 1 atom stereocenters. The van der Waals surface area contributed by atoms with E-state index in [1.54, 1.807) is 0 Å². The summed E-state index contributed by atoms with van der Waals surface area (Å²) < 4.78 is 5.30. The largest absolute Gasteiger partial charge is 0.341 e. The number of carbonyl (C=O) groups excluding carboxylic acids is 1. The number of amides is 1. The second-order valence-corrected chi connectivity index (χ2v) is 6.52. The first-order valence-electron chi connectivity index (χ1n) is 8.20. The Kier molecular flexibility index (Phi) is 6.38. The zero-order valence-corrected chi connectivity index (χ0v) is 14.4. The highest BCUT2D eigenvalue weighted by Crippen LogP contribution is 2.38. The van der Waals surface area contributed by atoms with Crippen LogP contribution >= 0.6 is 12.4 Å². The standard InChI is InChI=1S/C15H25N5O2.ClH/c1-11(16)9-14(21)20-6-2-5-19(7-8-20)10-13-17-15(22-18-13)12-3-4-12;/h11-12H,2-10,16H2,1H3;1H. The number of aromatic nitrogens is 2. The lowest BCUT2D eigenvalue weighted by Gasteiger charge is -2.22. The predicted octanol–water partition coefficient (Wildman–Crippen LogP) is 1.14. The molecule has 3 rings (SSSR count). The molecule has 7 nitrogen and oxygen atoms in total. The fourth-order valence-electron chi connectivity index (χ4n) is 2.81. The van der Waals surface area contributed by atoms with Gasteiger partial charge in [-0.1, -0.05) is 5.16 Å². The van der Waals surface area contributed by atoms with Crippen molar-refractivity contribution in [1.29, 1.82) is 0 Å². The van der Waals surface area contributed by atoms with E-state index in [4.69, 9.17) is 10.3 Å². The van der Waals surface area contributed by atoms with Crippen molar-refractivity contribution in [2.24, 2.45) is 5.73 Å². The zero-order valence-electron chi connectivity index (χ0n) is 13.6. The highest BCUT2D eigenvalue weighted by atomic mass is 35.5. The highest BCUT2D eigenvalue weighted by Gasteiger charge is 2.30. The summed E-state index contributed by atoms with van der Waals surface area (Å²) >= 11 is 0. The third kappa shape index (κ3) is 5.16. The van der Waals surface area contributed by atoms with E-state index in [1.165, 1.54) is 12.8 Å². The van der Waals surface area contributed by atoms with Crippen molar-refractivity contribution >= 4 is 18.3 Å². The lowest BCUT2D eigenvalue weighted by molar-refractivity contribution is -0.131. The molecule has 1 aliphatic carbocycles. The summed E-state index contributed by atoms with van der Waals surface area (Å²) in [4.78, 5) is 20.8. The molecule has 1 aromatic rings. The molecule has 1 aromatic heterocycles. The van der Waals surface area contributed by atoms with Crippen LogP contribution in [0.1, 0.15) is 50.2 Å². The maximum absolute atomic E-state index is 12.1. The minimum Gasteiger partial charge on any atom is -0.341 e. The number of nitrogens with two attached hydrogens (primary N) is 1. The van der Waals surface area contributed by atoms with Crippen LogP contribution in [0.25, 0.3) is 0 Å². The molecule has 2 N–H and O–H groups in total. The average molecular weight is 344 g/mol. The monoisotopic (exact) mass is 343 g/mol. The smallest absolute Gasteiger partial charge is 0.229 e. The van der Waals surface area contributed by atoms with Crippen LogP contribution in [0, 0.1) is 0 Å². The molecule has 1 amide bonds. The number of halogens is 1. The lowest BCUT2D eigenvalue weighted by atomic mass is 10.2. The molecule has 1 unspecified atom stereocenters. The number of nitrogens with zero attached hydrogens (tertiary/aromatic N) is 4. The van der Waals surface area contributed by atoms with Crippen LogP contribution in [-0.2, 0) is 11.3 Å². The fourth-order valence-corrected chi connectivity index (χ4v) is 2.81. The van der Waals surface area contributed by atoms with Gasteiger partial charge in [0.15, 0.2) is 5.82 Å². The van der Waals surface area contributed by atoms with Gasteiger partial charge >= 0.3 is 0 Å². The zero-order chi connectivity index (χ0) is 15.5. The van der Waals surface area contributed by atoms with E-state index in [2.05, 4.69) is 15.0 Å². The van der Waals surface area contributed by atoms with Crippen LogP contribution in [0.5, 0.6) is 0 Å². The number of rotatable bonds is 5. The Hall–Kier alpha value is -1.18. The van der Waals surface area contributed by atoms with Gasteiger partial charge in [-0.15, -0.1) is 12.4 Å². The van der Waals surface area contributed by atoms with Crippen molar-refractivity contribution in [3.05, 3.63) is 11.7 Å². The number of carbonyl (C=O) groups is 1. The van der Waals surface area contributed by atoms with Gasteiger partial charge < -0.3 is 15.2 Å². The maximum atomic E-state index is 12.1. The van der Waals surface area contributed by atoms with E-state index in [0.717, 1.165) is 44.3 Å². The lowest BCUT2D eigenvalue weighted by Crippen LogP contribution is -2.37. The quantitative estimate of drug-likeness (QED) is 0.862. The topological polar surface area (TPSA) is 88.5 Å². The van der Waals surface area contributed by atoms with Crippen molar-refractivity contribution in [3.8, 4) is 0 Å². The van der Waals surface area contributed by atoms with E-state index in [9.17, 15) is 4.79 Å². The Balaban J connectivity index is 0.00000192. The van der Waals surface area contributed by atoms with Crippen LogP contribution in [0.4, 0.5) is 0 Å². The van der Waals surface area contributed by atoms with Gasteiger partial charge in [-0.2, -0.15) is 4.98 Å². The van der Waals surface area contributed by atoms with Crippen LogP contribution in [-0.4, -0.2) is 58.1 Å². The molecule has 2 heterocycles. The van der Waals surface area contributed by atoms with E-state index < -0.39 is 0 Å². The summed E-state index contributed by atoms with van der Waals surface area (Å²) in [7, 11) is 0. The van der Waals surface area contributed by atoms with Crippen LogP contribution < -0.4 is 5.73 Å². The molecule has 0 radical (unpaired) electrons. The maximum Gasteiger partial charge on any atom is 0.229 e. The molecule has 0 spiro atoms. The molecule has 2 fully saturated rings. The third-order valence-corrected chi connectivity index (χ3v) is 4.21. The first kappa shape index (κ1) is 18.2. The molecule has 23 heavy (non-hydrogen) atoms. The van der Waals surface area contributed by atoms with Gasteiger partial charge in [0.2, 0.25) is 11.8 Å². The predicted molar refractivity (Wildman–Crippen MR) is 88.3 cm³/mol. The molecular formula is C15H26ClN5O2. The van der Waals surface area contributed by atoms with Crippen LogP contribution in [0.2, 0.25) is 0 Å². The van der Waals surface area contributed by atoms with E-state index in [0.29, 0.717) is 18.9 Å². The molecule has 0 bridgehead atoms. The molecule has 130 valence electrons. The van der Waals surface area contributed by atoms with Gasteiger partial charge in [0, 0.05) is 44.6 Å². The fraction of sp³-hybridized carbons (Fsp3) is 0.800. The van der Waals surface area contributed by atoms with Gasteiger partial charge in [0.05, 0.1) is 6.54 Å². The van der Waals surface area contributed by atoms with Crippen molar-refractivity contribution in [3.63, 3.8) is 0 Å². The molecule has 0 aromatic carbocycles. The number of hydrogen-bond donors (Lipinski definition) is 1. The Morgan fingerprint density at radius 2 is 2.13 bits per heavy atom. The summed E-state index contributed by atoms with van der Waals surface area (Å²) in [5.41, 5.74) is 5.72. The Labute approximate surface area is 143 Å². The Morgan fingerprint density at radius 3 is 2.83 bits per heavy atom. The molecular weight excluding hydrogens is 318 g/mol. The van der Waals surface area contributed by atoms with Gasteiger partial charge in [-0.25, -0.2) is 0 Å². The Bertz CT molecular complexity index is 518. The molecule has 1 saturated heterocycles. The second kappa shape index (κ2) is 8.08. The minimum atomic E-state index is -0.0768. The molecule has 1 saturated carbocycles. The summed E-state index contributed by atoms with van der Waals surface area (Å²) in [6.07, 6.45) is 3.73. The summed E-state index contributed by atoms with van der Waals surface area (Å²) in [5, 5.41) is 4.07. The first-order valence-corrected chi connectivity index (χ1v) is 8.20. The van der Waals surface area contributed by atoms with E-state index in [-0.39, 0.29) is 24.4 Å². The molecule has 1 aliphatic heterocycles. The van der Waals surface area contributed by atoms with Gasteiger partial charge in [0.25, 0.3) is 0 Å². The average Bonchev–Trinajstić information content (AvgIpc) is 3.24. The summed E-state index contributed by atoms with van der Waals surface area (Å²) in [5.74, 6) is 2.21. The number of hydrogen-bond acceptors (Lipinski definition) is 6. The normalized spacial score (nSPS) is 20.7. The van der Waals surface area contributed by atoms with Crippen molar-refractivity contribution in [1.82, 2.24) is 19.9 Å². The highest BCUT2D eigenvalue weighted by molar-refractivity contribution is 5.85. The Morgan fingerprint density at radius 1 is 1.35 bits per heavy atom. The minimum absolute atomic E-state index is 0. The molecule has 8 heteroatoms. The van der Waals surface area contributed by atoms with E-state index in [1.807, 2.05) is 11.8 Å². The summed E-state index contributed by atoms with van der Waals surface area (Å²) in [6, 6.07) is -0.0768. The van der Waals surface area contributed by atoms with Crippen molar-refractivity contribution in [2.45, 2.75) is 51.1 Å². The van der Waals surface area contributed by atoms with Crippen molar-refractivity contribution < 1.29 is 9.32 Å². The van der Waals surface area contributed by atoms with Crippen LogP contribution in [0.3, 0.4) is 0 Å².